The zero-order valence-electron chi connectivity index (χ0n) is 13.1. The molecule has 0 radical (unpaired) electrons. The number of amides is 2. The van der Waals surface area contributed by atoms with Crippen LogP contribution in [0.3, 0.4) is 0 Å². The minimum Gasteiger partial charge on any atom is -0.470 e. The molecule has 23 heavy (non-hydrogen) atoms. The monoisotopic (exact) mass is 381 g/mol. The Balaban J connectivity index is 1.45. The largest absolute Gasteiger partial charge is 0.470 e. The molecule has 0 spiro atoms. The topological polar surface area (TPSA) is 62.7 Å². The van der Waals surface area contributed by atoms with Gasteiger partial charge in [-0.05, 0) is 40.9 Å². The number of hydrogen-bond acceptors (Lipinski definition) is 4. The fraction of sp³-hybridized carbons (Fsp3) is 0.562. The predicted octanol–water partition coefficient (Wildman–Crippen LogP) is 1.69. The maximum absolute atomic E-state index is 12.5. The Kier molecular flexibility index (Phi) is 4.84. The van der Waals surface area contributed by atoms with Gasteiger partial charge >= 0.3 is 0 Å². The average molecular weight is 382 g/mol. The normalized spacial score (nSPS) is 19.4. The summed E-state index contributed by atoms with van der Waals surface area (Å²) in [6.45, 7) is 4.15. The summed E-state index contributed by atoms with van der Waals surface area (Å²) in [6.07, 6.45) is 3.20. The predicted molar refractivity (Wildman–Crippen MR) is 87.9 cm³/mol. The van der Waals surface area contributed by atoms with Crippen molar-refractivity contribution in [3.05, 3.63) is 22.8 Å². The third-order valence-electron chi connectivity index (χ3n) is 4.45. The Morgan fingerprint density at radius 3 is 2.57 bits per heavy atom. The van der Waals surface area contributed by atoms with Crippen LogP contribution in [0.15, 0.2) is 22.8 Å². The quantitative estimate of drug-likeness (QED) is 0.798. The number of aromatic nitrogens is 1. The molecule has 2 aliphatic heterocycles. The molecule has 2 fully saturated rings. The smallest absolute Gasteiger partial charge is 0.228 e. The number of hydrogen-bond donors (Lipinski definition) is 0. The maximum atomic E-state index is 12.5. The van der Waals surface area contributed by atoms with Gasteiger partial charge in [0.05, 0.1) is 17.6 Å². The lowest BCUT2D eigenvalue weighted by Gasteiger charge is -2.42. The summed E-state index contributed by atoms with van der Waals surface area (Å²) in [5, 5.41) is 0. The molecule has 0 saturated carbocycles. The Bertz CT molecular complexity index is 596. The second kappa shape index (κ2) is 6.86. The summed E-state index contributed by atoms with van der Waals surface area (Å²) in [7, 11) is 0. The molecular formula is C16H20BrN3O3. The number of carbonyl (C=O) groups is 2. The number of rotatable bonds is 3. The second-order valence-corrected chi connectivity index (χ2v) is 6.91. The molecule has 2 saturated heterocycles. The van der Waals surface area contributed by atoms with E-state index in [2.05, 4.69) is 20.9 Å². The van der Waals surface area contributed by atoms with Crippen molar-refractivity contribution < 1.29 is 14.3 Å². The summed E-state index contributed by atoms with van der Waals surface area (Å²) in [4.78, 5) is 31.6. The van der Waals surface area contributed by atoms with Gasteiger partial charge in [0.1, 0.15) is 6.10 Å². The van der Waals surface area contributed by atoms with Gasteiger partial charge in [0.25, 0.3) is 0 Å². The summed E-state index contributed by atoms with van der Waals surface area (Å²) < 4.78 is 6.61. The first kappa shape index (κ1) is 16.2. The number of nitrogens with zero attached hydrogens (tertiary/aromatic N) is 3. The Morgan fingerprint density at radius 2 is 1.96 bits per heavy atom. The molecule has 2 aliphatic rings. The highest BCUT2D eigenvalue weighted by Crippen LogP contribution is 2.27. The number of pyridine rings is 1. The second-order valence-electron chi connectivity index (χ2n) is 6.05. The number of piperidine rings is 1. The van der Waals surface area contributed by atoms with Crippen molar-refractivity contribution in [2.45, 2.75) is 25.9 Å². The van der Waals surface area contributed by atoms with Gasteiger partial charge in [0, 0.05) is 32.1 Å². The molecule has 3 rings (SSSR count). The highest BCUT2D eigenvalue weighted by atomic mass is 79.9. The summed E-state index contributed by atoms with van der Waals surface area (Å²) in [6, 6.07) is 3.72. The molecule has 3 heterocycles. The van der Waals surface area contributed by atoms with Gasteiger partial charge < -0.3 is 14.5 Å². The number of likely N-dealkylation sites (tertiary alicyclic amines) is 2. The van der Waals surface area contributed by atoms with Crippen LogP contribution in [0, 0.1) is 5.92 Å². The van der Waals surface area contributed by atoms with Gasteiger partial charge in [-0.3, -0.25) is 9.59 Å². The minimum atomic E-state index is 0.00228. The molecule has 124 valence electrons. The fourth-order valence-corrected chi connectivity index (χ4v) is 3.36. The van der Waals surface area contributed by atoms with Crippen LogP contribution in [0.2, 0.25) is 0 Å². The van der Waals surface area contributed by atoms with Crippen LogP contribution in [-0.2, 0) is 9.59 Å². The Labute approximate surface area is 143 Å². The lowest BCUT2D eigenvalue weighted by Crippen LogP contribution is -2.58. The van der Waals surface area contributed by atoms with Crippen LogP contribution in [0.1, 0.15) is 19.8 Å². The van der Waals surface area contributed by atoms with E-state index in [4.69, 9.17) is 4.74 Å². The lowest BCUT2D eigenvalue weighted by atomic mass is 9.93. The SMILES string of the molecule is CC(=O)N1CCC(C(=O)N2CC(Oc3ncccc3Br)C2)CC1. The molecule has 1 aromatic rings. The standard InChI is InChI=1S/C16H20BrN3O3/c1-11(21)19-7-4-12(5-8-19)16(22)20-9-13(10-20)23-15-14(17)3-2-6-18-15/h2-3,6,12-13H,4-5,7-10H2,1H3. The van der Waals surface area contributed by atoms with Crippen LogP contribution < -0.4 is 4.74 Å². The minimum absolute atomic E-state index is 0.00228. The van der Waals surface area contributed by atoms with Crippen LogP contribution in [0.5, 0.6) is 5.88 Å². The van der Waals surface area contributed by atoms with Gasteiger partial charge in [-0.1, -0.05) is 0 Å². The molecule has 0 aromatic carbocycles. The number of ether oxygens (including phenoxy) is 1. The highest BCUT2D eigenvalue weighted by molar-refractivity contribution is 9.10. The zero-order chi connectivity index (χ0) is 16.4. The third-order valence-corrected chi connectivity index (χ3v) is 5.06. The summed E-state index contributed by atoms with van der Waals surface area (Å²) in [5.74, 6) is 0.884. The van der Waals surface area contributed by atoms with E-state index in [1.54, 1.807) is 13.1 Å². The average Bonchev–Trinajstić information content (AvgIpc) is 2.51. The molecule has 1 aromatic heterocycles. The van der Waals surface area contributed by atoms with Crippen molar-refractivity contribution in [3.63, 3.8) is 0 Å². The van der Waals surface area contributed by atoms with Crippen molar-refractivity contribution >= 4 is 27.7 Å². The Hall–Kier alpha value is -1.63. The molecule has 7 heteroatoms. The van der Waals surface area contributed by atoms with Crippen molar-refractivity contribution in [2.75, 3.05) is 26.2 Å². The van der Waals surface area contributed by atoms with Gasteiger partial charge in [0.15, 0.2) is 0 Å². The number of halogens is 1. The molecule has 2 amide bonds. The van der Waals surface area contributed by atoms with Crippen LogP contribution in [-0.4, -0.2) is 58.9 Å². The van der Waals surface area contributed by atoms with Crippen molar-refractivity contribution in [2.24, 2.45) is 5.92 Å². The third kappa shape index (κ3) is 3.65. The van der Waals surface area contributed by atoms with Crippen molar-refractivity contribution in [1.29, 1.82) is 0 Å². The van der Waals surface area contributed by atoms with Gasteiger partial charge in [-0.25, -0.2) is 4.98 Å². The van der Waals surface area contributed by atoms with E-state index in [0.717, 1.165) is 17.3 Å². The first-order chi connectivity index (χ1) is 11.0. The summed E-state index contributed by atoms with van der Waals surface area (Å²) >= 11 is 3.40. The maximum Gasteiger partial charge on any atom is 0.228 e. The lowest BCUT2D eigenvalue weighted by molar-refractivity contribution is -0.147. The van der Waals surface area contributed by atoms with E-state index < -0.39 is 0 Å². The van der Waals surface area contributed by atoms with E-state index in [1.807, 2.05) is 21.9 Å². The van der Waals surface area contributed by atoms with Crippen LogP contribution >= 0.6 is 15.9 Å². The van der Waals surface area contributed by atoms with E-state index in [1.165, 1.54) is 0 Å². The first-order valence-electron chi connectivity index (χ1n) is 7.86. The molecule has 0 aliphatic carbocycles. The zero-order valence-corrected chi connectivity index (χ0v) is 14.7. The fourth-order valence-electron chi connectivity index (χ4n) is 3.01. The van der Waals surface area contributed by atoms with Crippen LogP contribution in [0.25, 0.3) is 0 Å². The van der Waals surface area contributed by atoms with E-state index in [-0.39, 0.29) is 23.8 Å². The summed E-state index contributed by atoms with van der Waals surface area (Å²) in [5.41, 5.74) is 0. The number of carbonyl (C=O) groups excluding carboxylic acids is 2. The molecule has 0 bridgehead atoms. The van der Waals surface area contributed by atoms with E-state index in [0.29, 0.717) is 32.1 Å². The van der Waals surface area contributed by atoms with Gasteiger partial charge in [-0.2, -0.15) is 0 Å². The van der Waals surface area contributed by atoms with E-state index in [9.17, 15) is 9.59 Å². The van der Waals surface area contributed by atoms with Crippen molar-refractivity contribution in [3.8, 4) is 5.88 Å². The molecule has 0 unspecified atom stereocenters. The van der Waals surface area contributed by atoms with Gasteiger partial charge in [0.2, 0.25) is 17.7 Å². The Morgan fingerprint density at radius 1 is 1.26 bits per heavy atom. The molecular weight excluding hydrogens is 362 g/mol. The first-order valence-corrected chi connectivity index (χ1v) is 8.65. The van der Waals surface area contributed by atoms with Gasteiger partial charge in [-0.15, -0.1) is 0 Å². The molecule has 0 N–H and O–H groups in total. The highest BCUT2D eigenvalue weighted by Gasteiger charge is 2.37. The van der Waals surface area contributed by atoms with Crippen molar-refractivity contribution in [1.82, 2.24) is 14.8 Å². The molecule has 0 atom stereocenters. The molecule has 6 nitrogen and oxygen atoms in total. The van der Waals surface area contributed by atoms with E-state index >= 15 is 0 Å². The van der Waals surface area contributed by atoms with Crippen LogP contribution in [0.4, 0.5) is 0 Å².